The fourth-order valence-corrected chi connectivity index (χ4v) is 2.80. The summed E-state index contributed by atoms with van der Waals surface area (Å²) in [5.74, 6) is -0.715. The molecule has 0 aliphatic rings. The van der Waals surface area contributed by atoms with Gasteiger partial charge in [0.05, 0.1) is 10.6 Å². The number of carbonyl (C=O) groups excluding carboxylic acids is 1. The van der Waals surface area contributed by atoms with E-state index in [2.05, 4.69) is 10.5 Å². The minimum Gasteiger partial charge on any atom is -0.360 e. The molecule has 25 heavy (non-hydrogen) atoms. The van der Waals surface area contributed by atoms with E-state index in [0.29, 0.717) is 5.69 Å². The van der Waals surface area contributed by atoms with Crippen LogP contribution in [0, 0.1) is 26.6 Å². The zero-order valence-electron chi connectivity index (χ0n) is 14.0. The number of rotatable bonds is 3. The van der Waals surface area contributed by atoms with Crippen LogP contribution in [0.3, 0.4) is 0 Å². The fourth-order valence-electron chi connectivity index (χ4n) is 2.55. The van der Waals surface area contributed by atoms with Crippen molar-refractivity contribution >= 4 is 23.2 Å². The molecular formula is C19H16ClFN2O2. The van der Waals surface area contributed by atoms with Crippen molar-refractivity contribution in [1.29, 1.82) is 0 Å². The van der Waals surface area contributed by atoms with Gasteiger partial charge in [-0.05, 0) is 56.2 Å². The van der Waals surface area contributed by atoms with Crippen molar-refractivity contribution in [2.45, 2.75) is 20.8 Å². The van der Waals surface area contributed by atoms with Crippen LogP contribution in [0.1, 0.15) is 27.2 Å². The Hall–Kier alpha value is -2.66. The van der Waals surface area contributed by atoms with E-state index in [9.17, 15) is 9.18 Å². The first-order chi connectivity index (χ1) is 11.9. The molecule has 4 nitrogen and oxygen atoms in total. The number of nitrogens with zero attached hydrogens (tertiary/aromatic N) is 1. The highest BCUT2D eigenvalue weighted by Gasteiger charge is 2.25. The molecule has 1 N–H and O–H groups in total. The summed E-state index contributed by atoms with van der Waals surface area (Å²) in [4.78, 5) is 12.7. The SMILES string of the molecule is Cc1ccc(NC(=O)c2c(-c3c(F)cccc3Cl)noc2C)cc1C. The zero-order chi connectivity index (χ0) is 18.1. The molecule has 0 saturated heterocycles. The van der Waals surface area contributed by atoms with E-state index in [1.165, 1.54) is 18.2 Å². The molecule has 1 aromatic heterocycles. The molecule has 2 aromatic carbocycles. The maximum Gasteiger partial charge on any atom is 0.261 e. The summed E-state index contributed by atoms with van der Waals surface area (Å²) >= 11 is 6.09. The first-order valence-electron chi connectivity index (χ1n) is 7.67. The number of halogens is 2. The van der Waals surface area contributed by atoms with Crippen LogP contribution in [0.5, 0.6) is 0 Å². The Bertz CT molecular complexity index is 946. The van der Waals surface area contributed by atoms with Crippen LogP contribution in [0.4, 0.5) is 10.1 Å². The minimum atomic E-state index is -0.568. The summed E-state index contributed by atoms with van der Waals surface area (Å²) < 4.78 is 19.3. The third-order valence-corrected chi connectivity index (χ3v) is 4.37. The molecule has 1 amide bonds. The Morgan fingerprint density at radius 2 is 1.92 bits per heavy atom. The van der Waals surface area contributed by atoms with Gasteiger partial charge in [-0.2, -0.15) is 0 Å². The summed E-state index contributed by atoms with van der Waals surface area (Å²) in [5, 5.41) is 6.80. The van der Waals surface area contributed by atoms with Crippen molar-refractivity contribution in [3.8, 4) is 11.3 Å². The van der Waals surface area contributed by atoms with E-state index in [1.54, 1.807) is 13.0 Å². The highest BCUT2D eigenvalue weighted by atomic mass is 35.5. The van der Waals surface area contributed by atoms with Gasteiger partial charge in [-0.3, -0.25) is 4.79 Å². The highest BCUT2D eigenvalue weighted by molar-refractivity contribution is 6.33. The van der Waals surface area contributed by atoms with Crippen LogP contribution >= 0.6 is 11.6 Å². The lowest BCUT2D eigenvalue weighted by molar-refractivity contribution is 0.102. The summed E-state index contributed by atoms with van der Waals surface area (Å²) in [6.07, 6.45) is 0. The van der Waals surface area contributed by atoms with Crippen molar-refractivity contribution in [2.24, 2.45) is 0 Å². The maximum absolute atomic E-state index is 14.2. The Labute approximate surface area is 149 Å². The summed E-state index contributed by atoms with van der Waals surface area (Å²) in [6, 6.07) is 9.87. The zero-order valence-corrected chi connectivity index (χ0v) is 14.7. The predicted octanol–water partition coefficient (Wildman–Crippen LogP) is 5.31. The molecule has 0 spiro atoms. The third kappa shape index (κ3) is 3.28. The van der Waals surface area contributed by atoms with Gasteiger partial charge in [0.2, 0.25) is 0 Å². The largest absolute Gasteiger partial charge is 0.360 e. The molecule has 1 heterocycles. The van der Waals surface area contributed by atoms with Gasteiger partial charge in [-0.15, -0.1) is 0 Å². The summed E-state index contributed by atoms with van der Waals surface area (Å²) in [7, 11) is 0. The topological polar surface area (TPSA) is 55.1 Å². The smallest absolute Gasteiger partial charge is 0.261 e. The van der Waals surface area contributed by atoms with Gasteiger partial charge in [0.15, 0.2) is 0 Å². The number of anilines is 1. The number of hydrogen-bond donors (Lipinski definition) is 1. The Balaban J connectivity index is 2.02. The van der Waals surface area contributed by atoms with Crippen molar-refractivity contribution < 1.29 is 13.7 Å². The Morgan fingerprint density at radius 3 is 2.60 bits per heavy atom. The molecule has 3 rings (SSSR count). The molecule has 0 aliphatic carbocycles. The molecule has 3 aromatic rings. The lowest BCUT2D eigenvalue weighted by atomic mass is 10.0. The number of aryl methyl sites for hydroxylation is 3. The molecule has 0 atom stereocenters. The van der Waals surface area contributed by atoms with Gasteiger partial charge in [0.1, 0.15) is 22.8 Å². The Kier molecular flexibility index (Phi) is 4.59. The molecular weight excluding hydrogens is 343 g/mol. The summed E-state index contributed by atoms with van der Waals surface area (Å²) in [5.41, 5.74) is 3.10. The molecule has 0 bridgehead atoms. The first kappa shape index (κ1) is 17.2. The van der Waals surface area contributed by atoms with Crippen molar-refractivity contribution in [3.05, 3.63) is 69.7 Å². The molecule has 0 saturated carbocycles. The second-order valence-electron chi connectivity index (χ2n) is 5.81. The normalized spacial score (nSPS) is 10.8. The molecule has 0 fully saturated rings. The van der Waals surface area contributed by atoms with Gasteiger partial charge in [-0.25, -0.2) is 4.39 Å². The predicted molar refractivity (Wildman–Crippen MR) is 95.5 cm³/mol. The van der Waals surface area contributed by atoms with Crippen LogP contribution in [0.2, 0.25) is 5.02 Å². The van der Waals surface area contributed by atoms with Crippen LogP contribution in [-0.4, -0.2) is 11.1 Å². The van der Waals surface area contributed by atoms with Gasteiger partial charge < -0.3 is 9.84 Å². The maximum atomic E-state index is 14.2. The monoisotopic (exact) mass is 358 g/mol. The average Bonchev–Trinajstić information content (AvgIpc) is 2.92. The van der Waals surface area contributed by atoms with Gasteiger partial charge in [-0.1, -0.05) is 28.9 Å². The molecule has 128 valence electrons. The molecule has 0 aliphatic heterocycles. The third-order valence-electron chi connectivity index (χ3n) is 4.05. The van der Waals surface area contributed by atoms with Crippen LogP contribution in [-0.2, 0) is 0 Å². The van der Waals surface area contributed by atoms with Crippen LogP contribution < -0.4 is 5.32 Å². The number of carbonyl (C=O) groups is 1. The minimum absolute atomic E-state index is 0.0475. The quantitative estimate of drug-likeness (QED) is 0.690. The van der Waals surface area contributed by atoms with Crippen molar-refractivity contribution in [3.63, 3.8) is 0 Å². The number of aromatic nitrogens is 1. The van der Waals surface area contributed by atoms with E-state index >= 15 is 0 Å². The van der Waals surface area contributed by atoms with Crippen LogP contribution in [0.15, 0.2) is 40.9 Å². The van der Waals surface area contributed by atoms with Crippen molar-refractivity contribution in [2.75, 3.05) is 5.32 Å². The van der Waals surface area contributed by atoms with Crippen LogP contribution in [0.25, 0.3) is 11.3 Å². The second kappa shape index (κ2) is 6.69. The second-order valence-corrected chi connectivity index (χ2v) is 6.22. The van der Waals surface area contributed by atoms with Gasteiger partial charge in [0.25, 0.3) is 5.91 Å². The first-order valence-corrected chi connectivity index (χ1v) is 8.05. The summed E-state index contributed by atoms with van der Waals surface area (Å²) in [6.45, 7) is 5.55. The lowest BCUT2D eigenvalue weighted by Gasteiger charge is -2.09. The van der Waals surface area contributed by atoms with E-state index < -0.39 is 11.7 Å². The lowest BCUT2D eigenvalue weighted by Crippen LogP contribution is -2.14. The van der Waals surface area contributed by atoms with E-state index in [4.69, 9.17) is 16.1 Å². The van der Waals surface area contributed by atoms with Crippen molar-refractivity contribution in [1.82, 2.24) is 5.16 Å². The average molecular weight is 359 g/mol. The van der Waals surface area contributed by atoms with E-state index in [1.807, 2.05) is 26.0 Å². The number of hydrogen-bond acceptors (Lipinski definition) is 3. The number of nitrogens with one attached hydrogen (secondary N) is 1. The van der Waals surface area contributed by atoms with E-state index in [0.717, 1.165) is 11.1 Å². The van der Waals surface area contributed by atoms with Gasteiger partial charge >= 0.3 is 0 Å². The Morgan fingerprint density at radius 1 is 1.16 bits per heavy atom. The standard InChI is InChI=1S/C19H16ClFN2O2/c1-10-7-8-13(9-11(10)2)22-19(24)16-12(3)25-23-18(16)17-14(20)5-4-6-15(17)21/h4-9H,1-3H3,(H,22,24). The number of benzene rings is 2. The van der Waals surface area contributed by atoms with Gasteiger partial charge in [0, 0.05) is 5.69 Å². The molecule has 0 unspecified atom stereocenters. The highest BCUT2D eigenvalue weighted by Crippen LogP contribution is 2.33. The fraction of sp³-hybridized carbons (Fsp3) is 0.158. The number of amides is 1. The molecule has 6 heteroatoms. The molecule has 0 radical (unpaired) electrons. The van der Waals surface area contributed by atoms with E-state index in [-0.39, 0.29) is 27.6 Å².